The summed E-state index contributed by atoms with van der Waals surface area (Å²) in [5.41, 5.74) is 0. The number of amides is 1. The molecular weight excluding hydrogens is 296 g/mol. The second-order valence-electron chi connectivity index (χ2n) is 5.34. The second-order valence-corrected chi connectivity index (χ2v) is 7.42. The average molecular weight is 322 g/mol. The van der Waals surface area contributed by atoms with Crippen LogP contribution in [0.1, 0.15) is 26.7 Å². The van der Waals surface area contributed by atoms with E-state index in [1.807, 2.05) is 13.8 Å². The maximum Gasteiger partial charge on any atom is 0.223 e. The van der Waals surface area contributed by atoms with Crippen LogP contribution in [0.5, 0.6) is 0 Å². The van der Waals surface area contributed by atoms with E-state index in [-0.39, 0.29) is 30.7 Å². The van der Waals surface area contributed by atoms with Crippen molar-refractivity contribution >= 4 is 15.9 Å². The molecule has 0 aliphatic carbocycles. The molecule has 124 valence electrons. The topological polar surface area (TPSA) is 87.2 Å². The number of hydrogen-bond acceptors (Lipinski definition) is 5. The Labute approximate surface area is 126 Å². The standard InChI is InChI=1S/C13H26N2O5S/c1-12(2)15(5-3-8-16)13(17)4-11-21(18,19)14-6-9-20-10-7-14/h12,16H,3-11H2,1-2H3. The number of morpholine rings is 1. The van der Waals surface area contributed by atoms with Crippen molar-refractivity contribution in [1.29, 1.82) is 0 Å². The third-order valence-electron chi connectivity index (χ3n) is 3.44. The molecule has 1 rings (SSSR count). The average Bonchev–Trinajstić information content (AvgIpc) is 2.46. The molecule has 0 atom stereocenters. The first-order valence-electron chi connectivity index (χ1n) is 7.34. The van der Waals surface area contributed by atoms with Crippen molar-refractivity contribution in [2.45, 2.75) is 32.7 Å². The lowest BCUT2D eigenvalue weighted by Crippen LogP contribution is -2.43. The minimum absolute atomic E-state index is 0.00450. The van der Waals surface area contributed by atoms with Crippen molar-refractivity contribution in [3.05, 3.63) is 0 Å². The zero-order valence-electron chi connectivity index (χ0n) is 12.8. The normalized spacial score (nSPS) is 17.1. The fourth-order valence-corrected chi connectivity index (χ4v) is 3.62. The molecule has 0 saturated carbocycles. The summed E-state index contributed by atoms with van der Waals surface area (Å²) in [5, 5.41) is 8.86. The number of ether oxygens (including phenoxy) is 1. The molecule has 0 bridgehead atoms. The van der Waals surface area contributed by atoms with Crippen molar-refractivity contribution in [1.82, 2.24) is 9.21 Å². The van der Waals surface area contributed by atoms with Crippen molar-refractivity contribution in [3.63, 3.8) is 0 Å². The van der Waals surface area contributed by atoms with Crippen molar-refractivity contribution < 1.29 is 23.1 Å². The highest BCUT2D eigenvalue weighted by atomic mass is 32.2. The van der Waals surface area contributed by atoms with E-state index >= 15 is 0 Å². The monoisotopic (exact) mass is 322 g/mol. The molecule has 0 aromatic carbocycles. The molecule has 1 N–H and O–H groups in total. The first kappa shape index (κ1) is 18.3. The fourth-order valence-electron chi connectivity index (χ4n) is 2.23. The molecule has 21 heavy (non-hydrogen) atoms. The smallest absolute Gasteiger partial charge is 0.223 e. The molecule has 8 heteroatoms. The summed E-state index contributed by atoms with van der Waals surface area (Å²) in [6.07, 6.45) is 0.476. The molecule has 0 aromatic rings. The summed E-state index contributed by atoms with van der Waals surface area (Å²) in [6.45, 7) is 5.75. The Hall–Kier alpha value is -0.700. The molecule has 0 aromatic heterocycles. The van der Waals surface area contributed by atoms with Crippen LogP contribution in [-0.2, 0) is 19.6 Å². The molecule has 1 amide bonds. The van der Waals surface area contributed by atoms with E-state index in [0.717, 1.165) is 0 Å². The molecule has 1 aliphatic rings. The summed E-state index contributed by atoms with van der Waals surface area (Å²) in [4.78, 5) is 13.8. The minimum atomic E-state index is -3.40. The Balaban J connectivity index is 2.52. The van der Waals surface area contributed by atoms with E-state index in [1.54, 1.807) is 4.90 Å². The molecule has 1 aliphatic heterocycles. The number of aliphatic hydroxyl groups excluding tert-OH is 1. The van der Waals surface area contributed by atoms with Gasteiger partial charge in [-0.25, -0.2) is 8.42 Å². The van der Waals surface area contributed by atoms with Gasteiger partial charge in [0.25, 0.3) is 0 Å². The lowest BCUT2D eigenvalue weighted by Gasteiger charge is -2.28. The van der Waals surface area contributed by atoms with E-state index in [2.05, 4.69) is 0 Å². The predicted octanol–water partition coefficient (Wildman–Crippen LogP) is -0.342. The zero-order valence-corrected chi connectivity index (χ0v) is 13.6. The summed E-state index contributed by atoms with van der Waals surface area (Å²) in [6, 6.07) is -0.00450. The summed E-state index contributed by atoms with van der Waals surface area (Å²) >= 11 is 0. The van der Waals surface area contributed by atoms with Crippen LogP contribution in [0, 0.1) is 0 Å². The van der Waals surface area contributed by atoms with Gasteiger partial charge in [0.1, 0.15) is 0 Å². The van der Waals surface area contributed by atoms with Gasteiger partial charge in [-0.2, -0.15) is 4.31 Å². The highest BCUT2D eigenvalue weighted by Crippen LogP contribution is 2.09. The first-order chi connectivity index (χ1) is 9.88. The van der Waals surface area contributed by atoms with Crippen LogP contribution in [-0.4, -0.2) is 79.9 Å². The van der Waals surface area contributed by atoms with Gasteiger partial charge in [-0.1, -0.05) is 0 Å². The van der Waals surface area contributed by atoms with E-state index in [4.69, 9.17) is 9.84 Å². The highest BCUT2D eigenvalue weighted by molar-refractivity contribution is 7.89. The van der Waals surface area contributed by atoms with Crippen molar-refractivity contribution in [3.8, 4) is 0 Å². The maximum atomic E-state index is 12.2. The van der Waals surface area contributed by atoms with Gasteiger partial charge in [0, 0.05) is 38.7 Å². The number of carbonyl (C=O) groups excluding carboxylic acids is 1. The third-order valence-corrected chi connectivity index (χ3v) is 5.31. The molecule has 0 unspecified atom stereocenters. The molecule has 0 spiro atoms. The first-order valence-corrected chi connectivity index (χ1v) is 8.95. The molecule has 1 heterocycles. The van der Waals surface area contributed by atoms with Crippen LogP contribution in [0.15, 0.2) is 0 Å². The lowest BCUT2D eigenvalue weighted by molar-refractivity contribution is -0.132. The van der Waals surface area contributed by atoms with Gasteiger partial charge >= 0.3 is 0 Å². The van der Waals surface area contributed by atoms with Crippen molar-refractivity contribution in [2.75, 3.05) is 45.2 Å². The van der Waals surface area contributed by atoms with Gasteiger partial charge in [0.15, 0.2) is 0 Å². The molecule has 0 radical (unpaired) electrons. The van der Waals surface area contributed by atoms with Crippen LogP contribution in [0.25, 0.3) is 0 Å². The van der Waals surface area contributed by atoms with E-state index < -0.39 is 10.0 Å². The SMILES string of the molecule is CC(C)N(CCCO)C(=O)CCS(=O)(=O)N1CCOCC1. The van der Waals surface area contributed by atoms with Crippen molar-refractivity contribution in [2.24, 2.45) is 0 Å². The fraction of sp³-hybridized carbons (Fsp3) is 0.923. The summed E-state index contributed by atoms with van der Waals surface area (Å²) in [5.74, 6) is -0.357. The molecular formula is C13H26N2O5S. The lowest BCUT2D eigenvalue weighted by atomic mass is 10.2. The van der Waals surface area contributed by atoms with Gasteiger partial charge in [-0.05, 0) is 20.3 Å². The summed E-state index contributed by atoms with van der Waals surface area (Å²) in [7, 11) is -3.40. The van der Waals surface area contributed by atoms with Crippen LogP contribution in [0.4, 0.5) is 0 Å². The Morgan fingerprint density at radius 1 is 1.33 bits per heavy atom. The number of nitrogens with zero attached hydrogens (tertiary/aromatic N) is 2. The van der Waals surface area contributed by atoms with E-state index in [9.17, 15) is 13.2 Å². The Morgan fingerprint density at radius 3 is 2.48 bits per heavy atom. The largest absolute Gasteiger partial charge is 0.396 e. The van der Waals surface area contributed by atoms with Gasteiger partial charge < -0.3 is 14.7 Å². The van der Waals surface area contributed by atoms with Crippen LogP contribution in [0.3, 0.4) is 0 Å². The zero-order chi connectivity index (χ0) is 15.9. The van der Waals surface area contributed by atoms with Gasteiger partial charge in [-0.15, -0.1) is 0 Å². The Morgan fingerprint density at radius 2 is 1.95 bits per heavy atom. The molecule has 7 nitrogen and oxygen atoms in total. The quantitative estimate of drug-likeness (QED) is 0.660. The Bertz CT molecular complexity index is 418. The highest BCUT2D eigenvalue weighted by Gasteiger charge is 2.26. The van der Waals surface area contributed by atoms with E-state index in [0.29, 0.717) is 39.3 Å². The molecule has 1 fully saturated rings. The number of hydrogen-bond donors (Lipinski definition) is 1. The van der Waals surface area contributed by atoms with Crippen LogP contribution < -0.4 is 0 Å². The number of rotatable bonds is 8. The Kier molecular flexibility index (Phi) is 7.58. The second kappa shape index (κ2) is 8.67. The number of aliphatic hydroxyl groups is 1. The van der Waals surface area contributed by atoms with Crippen LogP contribution >= 0.6 is 0 Å². The predicted molar refractivity (Wildman–Crippen MR) is 79.3 cm³/mol. The van der Waals surface area contributed by atoms with E-state index in [1.165, 1.54) is 4.31 Å². The maximum absolute atomic E-state index is 12.2. The third kappa shape index (κ3) is 5.90. The van der Waals surface area contributed by atoms with Crippen LogP contribution in [0.2, 0.25) is 0 Å². The molecule has 1 saturated heterocycles. The number of sulfonamides is 1. The summed E-state index contributed by atoms with van der Waals surface area (Å²) < 4.78 is 30.8. The van der Waals surface area contributed by atoms with Gasteiger partial charge in [0.05, 0.1) is 19.0 Å². The van der Waals surface area contributed by atoms with Gasteiger partial charge in [-0.3, -0.25) is 4.79 Å². The number of carbonyl (C=O) groups is 1. The minimum Gasteiger partial charge on any atom is -0.396 e. The van der Waals surface area contributed by atoms with Gasteiger partial charge in [0.2, 0.25) is 15.9 Å².